The molecule has 0 spiro atoms. The summed E-state index contributed by atoms with van der Waals surface area (Å²) in [6, 6.07) is 6.77. The van der Waals surface area contributed by atoms with Crippen molar-refractivity contribution in [2.45, 2.75) is 64.3 Å². The minimum absolute atomic E-state index is 0.0229. The number of rotatable bonds is 7. The highest BCUT2D eigenvalue weighted by Crippen LogP contribution is 2.22. The molecule has 2 atom stereocenters. The molecule has 1 aromatic carbocycles. The Bertz CT molecular complexity index is 773. The number of carbonyl (C=O) groups is 4. The van der Waals surface area contributed by atoms with Gasteiger partial charge in [-0.15, -0.1) is 0 Å². The van der Waals surface area contributed by atoms with Crippen LogP contribution in [0.2, 0.25) is 0 Å². The smallest absolute Gasteiger partial charge is 0.408 e. The molecular weight excluding hydrogens is 392 g/mol. The lowest BCUT2D eigenvalue weighted by Crippen LogP contribution is -2.53. The number of alkyl carbamates (subject to hydrolysis) is 1. The molecule has 0 aromatic heterocycles. The molecular formula is C21H28N2O7. The van der Waals surface area contributed by atoms with Crippen LogP contribution in [-0.4, -0.2) is 58.2 Å². The predicted molar refractivity (Wildman–Crippen MR) is 106 cm³/mol. The number of amides is 2. The highest BCUT2D eigenvalue weighted by atomic mass is 16.6. The molecule has 164 valence electrons. The SMILES string of the molecule is CC(C)(C)OC(=O)C1CCCN1C(=O)C(CC(=O)O)NC(=O)OCc1ccccc1. The van der Waals surface area contributed by atoms with E-state index in [0.717, 1.165) is 5.56 Å². The number of benzene rings is 1. The van der Waals surface area contributed by atoms with E-state index in [9.17, 15) is 19.2 Å². The molecule has 0 radical (unpaired) electrons. The zero-order valence-electron chi connectivity index (χ0n) is 17.4. The second kappa shape index (κ2) is 10.1. The van der Waals surface area contributed by atoms with Crippen molar-refractivity contribution >= 4 is 23.9 Å². The molecule has 30 heavy (non-hydrogen) atoms. The lowest BCUT2D eigenvalue weighted by molar-refractivity contribution is -0.163. The maximum atomic E-state index is 13.0. The molecule has 2 unspecified atom stereocenters. The number of carboxylic acids is 1. The van der Waals surface area contributed by atoms with Crippen molar-refractivity contribution in [1.82, 2.24) is 10.2 Å². The van der Waals surface area contributed by atoms with Crippen molar-refractivity contribution in [3.63, 3.8) is 0 Å². The van der Waals surface area contributed by atoms with E-state index in [1.165, 1.54) is 4.90 Å². The van der Waals surface area contributed by atoms with Gasteiger partial charge in [-0.05, 0) is 39.2 Å². The van der Waals surface area contributed by atoms with Crippen LogP contribution in [0.15, 0.2) is 30.3 Å². The Morgan fingerprint density at radius 2 is 1.87 bits per heavy atom. The minimum Gasteiger partial charge on any atom is -0.481 e. The Morgan fingerprint density at radius 1 is 1.20 bits per heavy atom. The average Bonchev–Trinajstić information content (AvgIpc) is 3.14. The fourth-order valence-electron chi connectivity index (χ4n) is 3.13. The van der Waals surface area contributed by atoms with Crippen LogP contribution in [-0.2, 0) is 30.5 Å². The molecule has 1 saturated heterocycles. The fraction of sp³-hybridized carbons (Fsp3) is 0.524. The van der Waals surface area contributed by atoms with Gasteiger partial charge in [0.1, 0.15) is 24.3 Å². The van der Waals surface area contributed by atoms with Crippen LogP contribution in [0, 0.1) is 0 Å². The quantitative estimate of drug-likeness (QED) is 0.648. The molecule has 1 aliphatic heterocycles. The van der Waals surface area contributed by atoms with Gasteiger partial charge in [-0.3, -0.25) is 9.59 Å². The van der Waals surface area contributed by atoms with Crippen LogP contribution in [0.5, 0.6) is 0 Å². The molecule has 0 saturated carbocycles. The van der Waals surface area contributed by atoms with Crippen LogP contribution in [0.25, 0.3) is 0 Å². The normalized spacial score (nSPS) is 17.2. The van der Waals surface area contributed by atoms with Gasteiger partial charge < -0.3 is 24.8 Å². The summed E-state index contributed by atoms with van der Waals surface area (Å²) in [6.45, 7) is 5.43. The first-order valence-corrected chi connectivity index (χ1v) is 9.79. The van der Waals surface area contributed by atoms with E-state index in [-0.39, 0.29) is 13.2 Å². The second-order valence-electron chi connectivity index (χ2n) is 8.08. The number of nitrogens with zero attached hydrogens (tertiary/aromatic N) is 1. The Hall–Kier alpha value is -3.10. The number of aliphatic carboxylic acids is 1. The van der Waals surface area contributed by atoms with E-state index in [1.54, 1.807) is 45.0 Å². The number of hydrogen-bond acceptors (Lipinski definition) is 6. The third-order valence-corrected chi connectivity index (χ3v) is 4.40. The van der Waals surface area contributed by atoms with Crippen molar-refractivity contribution in [3.05, 3.63) is 35.9 Å². The number of carbonyl (C=O) groups excluding carboxylic acids is 3. The van der Waals surface area contributed by atoms with Crippen LogP contribution >= 0.6 is 0 Å². The second-order valence-corrected chi connectivity index (χ2v) is 8.08. The third-order valence-electron chi connectivity index (χ3n) is 4.40. The van der Waals surface area contributed by atoms with Crippen molar-refractivity contribution in [2.24, 2.45) is 0 Å². The maximum Gasteiger partial charge on any atom is 0.408 e. The summed E-state index contributed by atoms with van der Waals surface area (Å²) < 4.78 is 10.5. The number of esters is 1. The first-order valence-electron chi connectivity index (χ1n) is 9.79. The molecule has 1 aromatic rings. The van der Waals surface area contributed by atoms with Gasteiger partial charge in [-0.2, -0.15) is 0 Å². The Kier molecular flexibility index (Phi) is 7.79. The number of likely N-dealkylation sites (tertiary alicyclic amines) is 1. The van der Waals surface area contributed by atoms with Gasteiger partial charge in [0.25, 0.3) is 0 Å². The standard InChI is InChI=1S/C21H28N2O7/c1-21(2,3)30-19(27)16-10-7-11-23(16)18(26)15(12-17(24)25)22-20(28)29-13-14-8-5-4-6-9-14/h4-6,8-9,15-16H,7,10-13H2,1-3H3,(H,22,28)(H,24,25). The molecule has 1 fully saturated rings. The Balaban J connectivity index is 2.03. The van der Waals surface area contributed by atoms with Gasteiger partial charge in [0.2, 0.25) is 5.91 Å². The van der Waals surface area contributed by atoms with Crippen molar-refractivity contribution in [3.8, 4) is 0 Å². The van der Waals surface area contributed by atoms with E-state index < -0.39 is 48.0 Å². The molecule has 1 heterocycles. The lowest BCUT2D eigenvalue weighted by atomic mass is 10.1. The highest BCUT2D eigenvalue weighted by molar-refractivity contribution is 5.92. The Labute approximate surface area is 175 Å². The van der Waals surface area contributed by atoms with Gasteiger partial charge in [0, 0.05) is 6.54 Å². The Morgan fingerprint density at radius 3 is 2.47 bits per heavy atom. The zero-order chi connectivity index (χ0) is 22.3. The summed E-state index contributed by atoms with van der Waals surface area (Å²) in [5.74, 6) is -2.46. The zero-order valence-corrected chi connectivity index (χ0v) is 17.4. The van der Waals surface area contributed by atoms with Crippen LogP contribution in [0.3, 0.4) is 0 Å². The number of carboxylic acid groups (broad SMARTS) is 1. The van der Waals surface area contributed by atoms with E-state index in [2.05, 4.69) is 5.32 Å². The van der Waals surface area contributed by atoms with E-state index in [1.807, 2.05) is 6.07 Å². The van der Waals surface area contributed by atoms with E-state index >= 15 is 0 Å². The largest absolute Gasteiger partial charge is 0.481 e. The van der Waals surface area contributed by atoms with Gasteiger partial charge in [0.15, 0.2) is 0 Å². The number of ether oxygens (including phenoxy) is 2. The topological polar surface area (TPSA) is 122 Å². The predicted octanol–water partition coefficient (Wildman–Crippen LogP) is 2.09. The summed E-state index contributed by atoms with van der Waals surface area (Å²) in [6.07, 6.45) is -0.546. The summed E-state index contributed by atoms with van der Waals surface area (Å²) in [7, 11) is 0. The number of nitrogens with one attached hydrogen (secondary N) is 1. The van der Waals surface area contributed by atoms with Gasteiger partial charge in [-0.1, -0.05) is 30.3 Å². The monoisotopic (exact) mass is 420 g/mol. The molecule has 2 rings (SSSR count). The van der Waals surface area contributed by atoms with Gasteiger partial charge >= 0.3 is 18.0 Å². The molecule has 0 bridgehead atoms. The lowest BCUT2D eigenvalue weighted by Gasteiger charge is -2.29. The molecule has 2 N–H and O–H groups in total. The minimum atomic E-state index is -1.35. The van der Waals surface area contributed by atoms with Crippen molar-refractivity contribution in [1.29, 1.82) is 0 Å². The summed E-state index contributed by atoms with van der Waals surface area (Å²) >= 11 is 0. The summed E-state index contributed by atoms with van der Waals surface area (Å²) in [5, 5.41) is 11.5. The first kappa shape index (κ1) is 23.2. The highest BCUT2D eigenvalue weighted by Gasteiger charge is 2.40. The van der Waals surface area contributed by atoms with E-state index in [4.69, 9.17) is 14.6 Å². The number of hydrogen-bond donors (Lipinski definition) is 2. The maximum absolute atomic E-state index is 13.0. The third kappa shape index (κ3) is 7.06. The fourth-order valence-corrected chi connectivity index (χ4v) is 3.13. The molecule has 0 aliphatic carbocycles. The van der Waals surface area contributed by atoms with Gasteiger partial charge in [-0.25, -0.2) is 9.59 Å². The summed E-state index contributed by atoms with van der Waals surface area (Å²) in [5.41, 5.74) is 0.0345. The van der Waals surface area contributed by atoms with Crippen molar-refractivity contribution in [2.75, 3.05) is 6.54 Å². The molecule has 9 nitrogen and oxygen atoms in total. The first-order chi connectivity index (χ1) is 14.1. The molecule has 1 aliphatic rings. The van der Waals surface area contributed by atoms with E-state index in [0.29, 0.717) is 12.8 Å². The molecule has 9 heteroatoms. The molecule has 2 amide bonds. The van der Waals surface area contributed by atoms with Crippen LogP contribution in [0.1, 0.15) is 45.6 Å². The van der Waals surface area contributed by atoms with Crippen LogP contribution in [0.4, 0.5) is 4.79 Å². The average molecular weight is 420 g/mol. The van der Waals surface area contributed by atoms with Crippen LogP contribution < -0.4 is 5.32 Å². The summed E-state index contributed by atoms with van der Waals surface area (Å²) in [4.78, 5) is 50.1. The van der Waals surface area contributed by atoms with Gasteiger partial charge in [0.05, 0.1) is 6.42 Å². The van der Waals surface area contributed by atoms with Crippen molar-refractivity contribution < 1.29 is 33.8 Å².